The molecule has 72 heavy (non-hydrogen) atoms. The van der Waals surface area contributed by atoms with Crippen LogP contribution in [0, 0.1) is 6.92 Å². The van der Waals surface area contributed by atoms with E-state index in [4.69, 9.17) is 81.5 Å². The molecule has 0 aliphatic rings. The van der Waals surface area contributed by atoms with Crippen LogP contribution in [0.3, 0.4) is 0 Å². The number of alkyl halides is 4. The van der Waals surface area contributed by atoms with Crippen molar-refractivity contribution in [3.05, 3.63) is 92.2 Å². The largest absolute Gasteiger partial charge is 0.480 e. The van der Waals surface area contributed by atoms with E-state index in [1.165, 1.54) is 18.8 Å². The molecule has 0 saturated carbocycles. The predicted molar refractivity (Wildman–Crippen MR) is 274 cm³/mol. The molecule has 0 aliphatic carbocycles. The van der Waals surface area contributed by atoms with Crippen molar-refractivity contribution in [2.45, 2.75) is 98.1 Å². The molecule has 0 radical (unpaired) electrons. The number of nitrogens with one attached hydrogen (secondary N) is 2. The van der Waals surface area contributed by atoms with Crippen LogP contribution in [0.5, 0.6) is 11.5 Å². The van der Waals surface area contributed by atoms with Gasteiger partial charge < -0.3 is 50.6 Å². The Hall–Kier alpha value is -4.99. The molecule has 0 bridgehead atoms. The Morgan fingerprint density at radius 3 is 2.04 bits per heavy atom. The predicted octanol–water partition coefficient (Wildman–Crippen LogP) is 10.5. The Bertz CT molecular complexity index is 2480. The van der Waals surface area contributed by atoms with Gasteiger partial charge in [-0.1, -0.05) is 48.3 Å². The van der Waals surface area contributed by atoms with Crippen LogP contribution in [-0.2, 0) is 41.0 Å². The molecule has 7 N–H and O–H groups in total. The summed E-state index contributed by atoms with van der Waals surface area (Å²) in [4.78, 5) is 67.7. The lowest BCUT2D eigenvalue weighted by Crippen LogP contribution is -2.43. The van der Waals surface area contributed by atoms with Gasteiger partial charge in [-0.25, -0.2) is 9.59 Å². The topological polar surface area (TPSA) is 266 Å². The molecule has 0 aliphatic heterocycles. The number of carbonyl (C=O) groups is 4. The molecule has 0 fully saturated rings. The number of carbonyl (C=O) groups excluding carboxylic acids is 2. The first-order valence-electron chi connectivity index (χ1n) is 21.7. The second-order valence-corrected chi connectivity index (χ2v) is 20.5. The number of nitrogens with zero attached hydrogens (tertiary/aromatic N) is 4. The van der Waals surface area contributed by atoms with Crippen molar-refractivity contribution >= 4 is 95.2 Å². The molecule has 3 aromatic carbocycles. The molecule has 4 aromatic rings. The number of methoxy groups -OCH3 is 1. The van der Waals surface area contributed by atoms with E-state index in [0.29, 0.717) is 24.6 Å². The van der Waals surface area contributed by atoms with E-state index in [2.05, 4.69) is 38.6 Å². The summed E-state index contributed by atoms with van der Waals surface area (Å²) in [6.45, 7) is 17.7. The van der Waals surface area contributed by atoms with E-state index >= 15 is 0 Å². The van der Waals surface area contributed by atoms with Crippen molar-refractivity contribution in [1.29, 1.82) is 0 Å². The summed E-state index contributed by atoms with van der Waals surface area (Å²) in [5.41, 5.74) is 7.08. The van der Waals surface area contributed by atoms with Crippen molar-refractivity contribution in [1.82, 2.24) is 15.0 Å². The van der Waals surface area contributed by atoms with E-state index < -0.39 is 49.2 Å². The molecule has 26 heteroatoms. The van der Waals surface area contributed by atoms with E-state index in [1.54, 1.807) is 12.0 Å². The summed E-state index contributed by atoms with van der Waals surface area (Å²) in [6.07, 6.45) is -5.08. The normalized spacial score (nSPS) is 13.1. The number of benzene rings is 3. The highest BCUT2D eigenvalue weighted by atomic mass is 35.5. The number of nitrogens with two attached hydrogens (primary N) is 1. The molecule has 4 rings (SSSR count). The number of halogens is 7. The fourth-order valence-corrected chi connectivity index (χ4v) is 7.15. The fourth-order valence-electron chi connectivity index (χ4n) is 5.69. The molecule has 3 unspecified atom stereocenters. The van der Waals surface area contributed by atoms with Crippen molar-refractivity contribution in [2.24, 2.45) is 5.73 Å². The summed E-state index contributed by atoms with van der Waals surface area (Å²) >= 11 is 23.2. The van der Waals surface area contributed by atoms with E-state index in [0.717, 1.165) is 54.9 Å². The molecule has 1 aromatic heterocycles. The molecule has 1 heterocycles. The number of para-hydroxylation sites is 1. The summed E-state index contributed by atoms with van der Waals surface area (Å²) in [7, 11) is -1.47. The fraction of sp³-hybridized carbons (Fsp3) is 0.457. The second-order valence-electron chi connectivity index (χ2n) is 16.6. The van der Waals surface area contributed by atoms with Gasteiger partial charge in [0.05, 0.1) is 39.5 Å². The number of aliphatic carboxylic acids is 2. The van der Waals surface area contributed by atoms with Crippen molar-refractivity contribution < 1.29 is 66.2 Å². The third kappa shape index (κ3) is 23.7. The van der Waals surface area contributed by atoms with Gasteiger partial charge in [0, 0.05) is 32.0 Å². The lowest BCUT2D eigenvalue weighted by molar-refractivity contribution is -0.146. The number of ether oxygens (including phenoxy) is 3. The maximum atomic E-state index is 12.7. The van der Waals surface area contributed by atoms with Gasteiger partial charge in [-0.2, -0.15) is 28.1 Å². The number of anilines is 3. The van der Waals surface area contributed by atoms with Crippen molar-refractivity contribution in [2.75, 3.05) is 54.5 Å². The van der Waals surface area contributed by atoms with Crippen LogP contribution in [0.15, 0.2) is 54.6 Å². The third-order valence-electron chi connectivity index (χ3n) is 9.05. The summed E-state index contributed by atoms with van der Waals surface area (Å²) in [6, 6.07) is 11.3. The van der Waals surface area contributed by atoms with Gasteiger partial charge in [-0.05, 0) is 120 Å². The van der Waals surface area contributed by atoms with Crippen molar-refractivity contribution in [3.63, 3.8) is 0 Å². The van der Waals surface area contributed by atoms with Crippen LogP contribution in [-0.4, -0.2) is 117 Å². The molecule has 1 amide bonds. The van der Waals surface area contributed by atoms with Gasteiger partial charge in [0.2, 0.25) is 23.1 Å². The minimum atomic E-state index is -4.56. The molecule has 0 spiro atoms. The summed E-state index contributed by atoms with van der Waals surface area (Å²) in [5, 5.41) is 23.1. The summed E-state index contributed by atoms with van der Waals surface area (Å²) < 4.78 is 63.9. The maximum Gasteiger partial charge on any atom is 0.416 e. The van der Waals surface area contributed by atoms with Gasteiger partial charge in [0.15, 0.2) is 13.5 Å². The van der Waals surface area contributed by atoms with Crippen LogP contribution in [0.1, 0.15) is 81.9 Å². The average molecular weight is 1120 g/mol. The van der Waals surface area contributed by atoms with Crippen LogP contribution < -0.4 is 26.0 Å². The number of amides is 1. The number of hydrogen-bond donors (Lipinski definition) is 6. The van der Waals surface area contributed by atoms with E-state index in [-0.39, 0.29) is 68.3 Å². The number of carboxylic acids is 2. The van der Waals surface area contributed by atoms with E-state index in [9.17, 15) is 36.9 Å². The Kier molecular flexibility index (Phi) is 27.3. The first-order valence-corrected chi connectivity index (χ1v) is 25.7. The Labute approximate surface area is 436 Å². The highest BCUT2D eigenvalue weighted by molar-refractivity contribution is 7.57. The van der Waals surface area contributed by atoms with Gasteiger partial charge >= 0.3 is 24.1 Å². The smallest absolute Gasteiger partial charge is 0.416 e. The molecular weight excluding hydrogens is 1060 g/mol. The second kappa shape index (κ2) is 30.3. The quantitative estimate of drug-likeness (QED) is 0.0307. The van der Waals surface area contributed by atoms with Gasteiger partial charge in [-0.15, -0.1) is 11.6 Å². The molecular formula is C46H61Cl4F3N7O11P. The molecule has 0 saturated heterocycles. The standard InChI is InChI=1S/C17H11Cl2F3O5.C15H22ClNO2.C9H16ClN5.C5H12NO4P/c1-8(15(23)24)26-16(25)11-7-10(3-4-12(11)18)27-14-5-2-9(6-13(14)19)17(20,21)22;1-5-13-8-6-7-11(2)15(13)17(14(18)9-16)12(3)10-19-4;1-5-11-7-12-6(10)13-8(14-7)15-9(2,3)4;1-11(9,10)3-2-4(6)5(7)8/h2-8H,1H3,(H,23,24);6-8,12H,5,9-10H2,1-4H3;5H2,1-4H3,(H2,11,12,13,14,15);4H,2-3,6H2,1H3,(H,7,8)(H,9,10)/t8-;;;/m0.../s1. The number of aromatic nitrogens is 3. The van der Waals surface area contributed by atoms with E-state index in [1.807, 2.05) is 53.7 Å². The van der Waals surface area contributed by atoms with Gasteiger partial charge in [0.1, 0.15) is 23.4 Å². The minimum Gasteiger partial charge on any atom is -0.480 e. The average Bonchev–Trinajstić information content (AvgIpc) is 3.26. The van der Waals surface area contributed by atoms with Crippen LogP contribution in [0.4, 0.5) is 30.8 Å². The molecule has 4 atom stereocenters. The van der Waals surface area contributed by atoms with Gasteiger partial charge in [-0.3, -0.25) is 14.2 Å². The zero-order valence-corrected chi connectivity index (χ0v) is 45.2. The van der Waals surface area contributed by atoms with Crippen LogP contribution >= 0.6 is 53.8 Å². The third-order valence-corrected chi connectivity index (χ3v) is 11.2. The first-order chi connectivity index (χ1) is 33.3. The lowest BCUT2D eigenvalue weighted by Gasteiger charge is -2.31. The number of esters is 1. The number of rotatable bonds is 18. The molecule has 18 nitrogen and oxygen atoms in total. The SMILES string of the molecule is CCNc1nc(Cl)nc(NC(C)(C)C)n1.CCc1cccc(C)c1N(C(=O)CCl)C(C)COC.CP(=O)(O)CCC(N)C(=O)O.C[C@H](OC(=O)c1cc(Oc2ccc(C(F)(F)F)cc2Cl)ccc1Cl)C(=O)O. The maximum absolute atomic E-state index is 12.7. The Morgan fingerprint density at radius 2 is 1.54 bits per heavy atom. The zero-order valence-electron chi connectivity index (χ0n) is 41.2. The number of aryl methyl sites for hydroxylation is 2. The summed E-state index contributed by atoms with van der Waals surface area (Å²) in [5.74, 6) is -2.66. The van der Waals surface area contributed by atoms with Crippen molar-refractivity contribution in [3.8, 4) is 11.5 Å². The number of carboxylic acid groups (broad SMARTS) is 2. The monoisotopic (exact) mass is 1120 g/mol. The molecule has 400 valence electrons. The first kappa shape index (κ1) is 65.0. The number of hydrogen-bond acceptors (Lipinski definition) is 14. The lowest BCUT2D eigenvalue weighted by atomic mass is 10.0. The Balaban J connectivity index is 0.000000507. The van der Waals surface area contributed by atoms with Gasteiger partial charge in [0.25, 0.3) is 0 Å². The van der Waals surface area contributed by atoms with Crippen LogP contribution in [0.2, 0.25) is 15.3 Å². The highest BCUT2D eigenvalue weighted by Crippen LogP contribution is 2.38. The minimum absolute atomic E-state index is 0.0223. The Morgan fingerprint density at radius 1 is 0.917 bits per heavy atom. The highest BCUT2D eigenvalue weighted by Gasteiger charge is 2.31. The van der Waals surface area contributed by atoms with Crippen LogP contribution in [0.25, 0.3) is 0 Å². The zero-order chi connectivity index (χ0) is 55.3.